The summed E-state index contributed by atoms with van der Waals surface area (Å²) in [5, 5.41) is 11.9. The van der Waals surface area contributed by atoms with Gasteiger partial charge in [0.2, 0.25) is 5.91 Å². The van der Waals surface area contributed by atoms with Gasteiger partial charge in [-0.25, -0.2) is 4.98 Å². The van der Waals surface area contributed by atoms with Gasteiger partial charge in [-0.05, 0) is 6.42 Å². The molecule has 1 heterocycles. The number of aliphatic hydroxyl groups excluding tert-OH is 1. The van der Waals surface area contributed by atoms with E-state index in [-0.39, 0.29) is 5.91 Å². The summed E-state index contributed by atoms with van der Waals surface area (Å²) in [7, 11) is 0. The molecule has 0 aromatic carbocycles. The van der Waals surface area contributed by atoms with Crippen molar-refractivity contribution in [1.82, 2.24) is 14.9 Å². The third kappa shape index (κ3) is 4.60. The maximum Gasteiger partial charge on any atom is 0.221 e. The summed E-state index contributed by atoms with van der Waals surface area (Å²) in [6.07, 6.45) is 5.79. The lowest BCUT2D eigenvalue weighted by molar-refractivity contribution is -0.121. The van der Waals surface area contributed by atoms with Crippen LogP contribution in [0.1, 0.15) is 19.8 Å². The molecule has 0 saturated carbocycles. The average Bonchev–Trinajstić information content (AvgIpc) is 2.75. The number of hydrogen-bond donors (Lipinski definition) is 2. The number of nitrogens with zero attached hydrogens (tertiary/aromatic N) is 2. The van der Waals surface area contributed by atoms with Crippen LogP contribution in [0.2, 0.25) is 0 Å². The molecule has 0 saturated heterocycles. The van der Waals surface area contributed by atoms with E-state index in [2.05, 4.69) is 10.3 Å². The van der Waals surface area contributed by atoms with E-state index in [1.54, 1.807) is 12.5 Å². The average molecular weight is 211 g/mol. The van der Waals surface area contributed by atoms with Crippen molar-refractivity contribution in [2.24, 2.45) is 0 Å². The van der Waals surface area contributed by atoms with Gasteiger partial charge in [0.15, 0.2) is 0 Å². The second kappa shape index (κ2) is 6.19. The van der Waals surface area contributed by atoms with Crippen molar-refractivity contribution >= 4 is 5.91 Å². The van der Waals surface area contributed by atoms with Crippen LogP contribution in [0.15, 0.2) is 18.7 Å². The van der Waals surface area contributed by atoms with E-state index >= 15 is 0 Å². The van der Waals surface area contributed by atoms with E-state index in [0.717, 1.165) is 0 Å². The van der Waals surface area contributed by atoms with Crippen molar-refractivity contribution in [1.29, 1.82) is 0 Å². The number of imidazole rings is 1. The van der Waals surface area contributed by atoms with Gasteiger partial charge >= 0.3 is 0 Å². The lowest BCUT2D eigenvalue weighted by Gasteiger charge is -2.09. The third-order valence-corrected chi connectivity index (χ3v) is 2.16. The first kappa shape index (κ1) is 11.7. The van der Waals surface area contributed by atoms with E-state index in [1.165, 1.54) is 0 Å². The summed E-state index contributed by atoms with van der Waals surface area (Å²) >= 11 is 0. The van der Waals surface area contributed by atoms with Crippen molar-refractivity contribution < 1.29 is 9.90 Å². The van der Waals surface area contributed by atoms with Crippen LogP contribution in [0.5, 0.6) is 0 Å². The minimum atomic E-state index is -0.442. The number of carbonyl (C=O) groups is 1. The molecule has 0 radical (unpaired) electrons. The van der Waals surface area contributed by atoms with Gasteiger partial charge in [-0.3, -0.25) is 4.79 Å². The van der Waals surface area contributed by atoms with Gasteiger partial charge in [0.25, 0.3) is 0 Å². The van der Waals surface area contributed by atoms with E-state index in [1.807, 2.05) is 17.7 Å². The molecule has 1 rings (SSSR count). The molecule has 1 amide bonds. The highest BCUT2D eigenvalue weighted by Crippen LogP contribution is 1.91. The van der Waals surface area contributed by atoms with Crippen molar-refractivity contribution in [3.63, 3.8) is 0 Å². The number of amides is 1. The maximum absolute atomic E-state index is 11.3. The van der Waals surface area contributed by atoms with E-state index in [0.29, 0.717) is 25.9 Å². The summed E-state index contributed by atoms with van der Waals surface area (Å²) in [4.78, 5) is 15.2. The van der Waals surface area contributed by atoms with Crippen LogP contribution in [0, 0.1) is 0 Å². The summed E-state index contributed by atoms with van der Waals surface area (Å²) in [5.41, 5.74) is 0. The smallest absolute Gasteiger partial charge is 0.221 e. The number of rotatable bonds is 6. The van der Waals surface area contributed by atoms with Gasteiger partial charge in [-0.2, -0.15) is 0 Å². The Bertz CT molecular complexity index is 285. The van der Waals surface area contributed by atoms with Gasteiger partial charge in [0.05, 0.1) is 12.4 Å². The highest BCUT2D eigenvalue weighted by Gasteiger charge is 2.04. The minimum absolute atomic E-state index is 0.0452. The standard InChI is InChI=1S/C10H17N3O2/c1-2-9(14)7-12-10(15)3-5-13-6-4-11-8-13/h4,6,8-9,14H,2-3,5,7H2,1H3,(H,12,15). The molecular formula is C10H17N3O2. The number of aryl methyl sites for hydroxylation is 1. The molecule has 1 atom stereocenters. The third-order valence-electron chi connectivity index (χ3n) is 2.16. The van der Waals surface area contributed by atoms with Gasteiger partial charge in [-0.15, -0.1) is 0 Å². The first-order valence-corrected chi connectivity index (χ1v) is 5.13. The molecular weight excluding hydrogens is 194 g/mol. The Labute approximate surface area is 89.1 Å². The fourth-order valence-electron chi connectivity index (χ4n) is 1.11. The summed E-state index contributed by atoms with van der Waals surface area (Å²) in [5.74, 6) is -0.0452. The van der Waals surface area contributed by atoms with Gasteiger partial charge in [-0.1, -0.05) is 6.92 Å². The maximum atomic E-state index is 11.3. The summed E-state index contributed by atoms with van der Waals surface area (Å²) in [6, 6.07) is 0. The number of aliphatic hydroxyl groups is 1. The highest BCUT2D eigenvalue weighted by molar-refractivity contribution is 5.75. The zero-order chi connectivity index (χ0) is 11.1. The van der Waals surface area contributed by atoms with Crippen molar-refractivity contribution in [2.45, 2.75) is 32.4 Å². The number of aromatic nitrogens is 2. The predicted octanol–water partition coefficient (Wildman–Crippen LogP) is 0.160. The molecule has 2 N–H and O–H groups in total. The second-order valence-electron chi connectivity index (χ2n) is 3.42. The predicted molar refractivity (Wildman–Crippen MR) is 56.2 cm³/mol. The molecule has 0 aliphatic heterocycles. The largest absolute Gasteiger partial charge is 0.391 e. The molecule has 84 valence electrons. The monoisotopic (exact) mass is 211 g/mol. The number of carbonyl (C=O) groups excluding carboxylic acids is 1. The fraction of sp³-hybridized carbons (Fsp3) is 0.600. The van der Waals surface area contributed by atoms with Crippen LogP contribution in [0.4, 0.5) is 0 Å². The van der Waals surface area contributed by atoms with Crippen molar-refractivity contribution in [3.8, 4) is 0 Å². The minimum Gasteiger partial charge on any atom is -0.391 e. The normalized spacial score (nSPS) is 12.4. The molecule has 0 bridgehead atoms. The molecule has 0 aliphatic rings. The number of nitrogens with one attached hydrogen (secondary N) is 1. The summed E-state index contributed by atoms with van der Waals surface area (Å²) in [6.45, 7) is 2.83. The zero-order valence-electron chi connectivity index (χ0n) is 8.89. The van der Waals surface area contributed by atoms with E-state index in [4.69, 9.17) is 0 Å². The Balaban J connectivity index is 2.14. The molecule has 0 aliphatic carbocycles. The lowest BCUT2D eigenvalue weighted by atomic mass is 10.3. The summed E-state index contributed by atoms with van der Waals surface area (Å²) < 4.78 is 1.84. The van der Waals surface area contributed by atoms with Crippen LogP contribution < -0.4 is 5.32 Å². The Morgan fingerprint density at radius 3 is 3.07 bits per heavy atom. The molecule has 5 nitrogen and oxygen atoms in total. The van der Waals surface area contributed by atoms with Crippen LogP contribution in [-0.2, 0) is 11.3 Å². The van der Waals surface area contributed by atoms with E-state index < -0.39 is 6.10 Å². The Kier molecular flexibility index (Phi) is 4.83. The van der Waals surface area contributed by atoms with Gasteiger partial charge in [0.1, 0.15) is 0 Å². The molecule has 15 heavy (non-hydrogen) atoms. The first-order chi connectivity index (χ1) is 7.22. The molecule has 0 fully saturated rings. The SMILES string of the molecule is CCC(O)CNC(=O)CCn1ccnc1. The fourth-order valence-corrected chi connectivity index (χ4v) is 1.11. The van der Waals surface area contributed by atoms with Crippen LogP contribution in [-0.4, -0.2) is 33.2 Å². The second-order valence-corrected chi connectivity index (χ2v) is 3.42. The molecule has 5 heteroatoms. The Morgan fingerprint density at radius 1 is 1.67 bits per heavy atom. The van der Waals surface area contributed by atoms with Crippen LogP contribution >= 0.6 is 0 Å². The van der Waals surface area contributed by atoms with Crippen LogP contribution in [0.25, 0.3) is 0 Å². The number of hydrogen-bond acceptors (Lipinski definition) is 3. The van der Waals surface area contributed by atoms with Crippen molar-refractivity contribution in [2.75, 3.05) is 6.54 Å². The Hall–Kier alpha value is -1.36. The topological polar surface area (TPSA) is 67.2 Å². The Morgan fingerprint density at radius 2 is 2.47 bits per heavy atom. The molecule has 1 unspecified atom stereocenters. The first-order valence-electron chi connectivity index (χ1n) is 5.13. The molecule has 1 aromatic rings. The molecule has 1 aromatic heterocycles. The van der Waals surface area contributed by atoms with Gasteiger partial charge < -0.3 is 15.0 Å². The highest BCUT2D eigenvalue weighted by atomic mass is 16.3. The van der Waals surface area contributed by atoms with E-state index in [9.17, 15) is 9.90 Å². The quantitative estimate of drug-likeness (QED) is 0.704. The van der Waals surface area contributed by atoms with Gasteiger partial charge in [0, 0.05) is 31.9 Å². The molecule has 0 spiro atoms. The van der Waals surface area contributed by atoms with Crippen LogP contribution in [0.3, 0.4) is 0 Å². The van der Waals surface area contributed by atoms with Crippen molar-refractivity contribution in [3.05, 3.63) is 18.7 Å². The lowest BCUT2D eigenvalue weighted by Crippen LogP contribution is -2.32. The zero-order valence-corrected chi connectivity index (χ0v) is 8.89.